The molecule has 3 rings (SSSR count). The van der Waals surface area contributed by atoms with Crippen LogP contribution in [0.4, 0.5) is 0 Å². The van der Waals surface area contributed by atoms with E-state index in [9.17, 15) is 9.90 Å². The van der Waals surface area contributed by atoms with Crippen molar-refractivity contribution in [2.24, 2.45) is 0 Å². The van der Waals surface area contributed by atoms with E-state index in [1.165, 1.54) is 0 Å². The molecule has 0 spiro atoms. The molecule has 1 heterocycles. The predicted octanol–water partition coefficient (Wildman–Crippen LogP) is 4.08. The third kappa shape index (κ3) is 3.63. The Balaban J connectivity index is 2.17. The van der Waals surface area contributed by atoms with Crippen LogP contribution in [0.5, 0.6) is 5.75 Å². The van der Waals surface area contributed by atoms with E-state index < -0.39 is 5.60 Å². The number of aliphatic hydroxyl groups is 1. The lowest BCUT2D eigenvalue weighted by atomic mass is 10.0. The van der Waals surface area contributed by atoms with Crippen molar-refractivity contribution in [1.29, 1.82) is 0 Å². The molecule has 5 nitrogen and oxygen atoms in total. The predicted molar refractivity (Wildman–Crippen MR) is 103 cm³/mol. The van der Waals surface area contributed by atoms with Gasteiger partial charge in [0, 0.05) is 11.8 Å². The molecule has 0 amide bonds. The third-order valence-corrected chi connectivity index (χ3v) is 4.28. The molecule has 26 heavy (non-hydrogen) atoms. The van der Waals surface area contributed by atoms with Crippen molar-refractivity contribution in [3.8, 4) is 16.9 Å². The van der Waals surface area contributed by atoms with Gasteiger partial charge in [0.1, 0.15) is 11.4 Å². The quantitative estimate of drug-likeness (QED) is 0.679. The lowest BCUT2D eigenvalue weighted by molar-refractivity contribution is 0.0588. The molecule has 2 aromatic carbocycles. The maximum absolute atomic E-state index is 12.3. The zero-order valence-corrected chi connectivity index (χ0v) is 15.6. The van der Waals surface area contributed by atoms with E-state index in [0.29, 0.717) is 18.7 Å². The number of hydrogen-bond acceptors (Lipinski definition) is 4. The van der Waals surface area contributed by atoms with Gasteiger partial charge in [-0.15, -0.1) is 0 Å². The maximum atomic E-state index is 12.3. The number of benzene rings is 2. The van der Waals surface area contributed by atoms with Crippen molar-refractivity contribution >= 4 is 16.7 Å². The fourth-order valence-electron chi connectivity index (χ4n) is 3.02. The van der Waals surface area contributed by atoms with E-state index in [0.717, 1.165) is 27.8 Å². The van der Waals surface area contributed by atoms with Gasteiger partial charge in [0.05, 0.1) is 24.8 Å². The Morgan fingerprint density at radius 3 is 2.58 bits per heavy atom. The molecular formula is C21H24N2O3. The second kappa shape index (κ2) is 6.92. The summed E-state index contributed by atoms with van der Waals surface area (Å²) in [5.41, 5.74) is 2.39. The third-order valence-electron chi connectivity index (χ3n) is 4.28. The van der Waals surface area contributed by atoms with Gasteiger partial charge in [-0.2, -0.15) is 5.10 Å². The lowest BCUT2D eigenvalue weighted by Gasteiger charge is -2.17. The second-order valence-corrected chi connectivity index (χ2v) is 7.06. The van der Waals surface area contributed by atoms with Gasteiger partial charge in [0.15, 0.2) is 5.78 Å². The zero-order chi connectivity index (χ0) is 18.9. The minimum absolute atomic E-state index is 0.00127. The van der Waals surface area contributed by atoms with Crippen LogP contribution in [0.15, 0.2) is 42.5 Å². The largest absolute Gasteiger partial charge is 0.497 e. The van der Waals surface area contributed by atoms with E-state index >= 15 is 0 Å². The first-order chi connectivity index (χ1) is 12.3. The van der Waals surface area contributed by atoms with Crippen LogP contribution in [0.1, 0.15) is 37.7 Å². The Kier molecular flexibility index (Phi) is 4.83. The molecule has 0 atom stereocenters. The Bertz CT molecular complexity index is 952. The number of hydrogen-bond donors (Lipinski definition) is 1. The topological polar surface area (TPSA) is 64.4 Å². The molecule has 0 saturated heterocycles. The molecule has 0 aliphatic carbocycles. The van der Waals surface area contributed by atoms with Crippen LogP contribution in [-0.2, 0) is 6.54 Å². The highest BCUT2D eigenvalue weighted by molar-refractivity contribution is 6.06. The SMILES string of the molecule is CCC(=O)c1nn(CC(C)(C)O)c2cc(-c3cccc(OC)c3)ccc12. The van der Waals surface area contributed by atoms with E-state index in [-0.39, 0.29) is 5.78 Å². The van der Waals surface area contributed by atoms with Gasteiger partial charge in [-0.25, -0.2) is 0 Å². The summed E-state index contributed by atoms with van der Waals surface area (Å²) in [6, 6.07) is 13.8. The number of ether oxygens (including phenoxy) is 1. The molecular weight excluding hydrogens is 328 g/mol. The van der Waals surface area contributed by atoms with Crippen molar-refractivity contribution in [2.75, 3.05) is 7.11 Å². The van der Waals surface area contributed by atoms with Crippen LogP contribution in [0.25, 0.3) is 22.0 Å². The monoisotopic (exact) mass is 352 g/mol. The molecule has 0 fully saturated rings. The first-order valence-electron chi connectivity index (χ1n) is 8.73. The smallest absolute Gasteiger partial charge is 0.183 e. The number of nitrogens with zero attached hydrogens (tertiary/aromatic N) is 2. The van der Waals surface area contributed by atoms with Gasteiger partial charge in [-0.3, -0.25) is 9.48 Å². The number of fused-ring (bicyclic) bond motifs is 1. The highest BCUT2D eigenvalue weighted by atomic mass is 16.5. The Hall–Kier alpha value is -2.66. The second-order valence-electron chi connectivity index (χ2n) is 7.06. The fourth-order valence-corrected chi connectivity index (χ4v) is 3.02. The first kappa shape index (κ1) is 18.1. The van der Waals surface area contributed by atoms with E-state index in [4.69, 9.17) is 4.74 Å². The van der Waals surface area contributed by atoms with Crippen LogP contribution < -0.4 is 4.74 Å². The Morgan fingerprint density at radius 2 is 1.92 bits per heavy atom. The summed E-state index contributed by atoms with van der Waals surface area (Å²) in [4.78, 5) is 12.3. The number of ketones is 1. The number of carbonyl (C=O) groups excluding carboxylic acids is 1. The van der Waals surface area contributed by atoms with E-state index in [1.54, 1.807) is 25.6 Å². The van der Waals surface area contributed by atoms with Gasteiger partial charge in [0.25, 0.3) is 0 Å². The summed E-state index contributed by atoms with van der Waals surface area (Å²) < 4.78 is 7.03. The summed E-state index contributed by atoms with van der Waals surface area (Å²) in [7, 11) is 1.64. The van der Waals surface area contributed by atoms with Gasteiger partial charge in [-0.1, -0.05) is 25.1 Å². The standard InChI is InChI=1S/C21H24N2O3/c1-5-19(24)20-17-10-9-15(14-7-6-8-16(11-14)26-4)12-18(17)23(22-20)13-21(2,3)25/h6-12,25H,5,13H2,1-4H3. The summed E-state index contributed by atoms with van der Waals surface area (Å²) in [6.45, 7) is 5.59. The minimum atomic E-state index is -0.933. The molecule has 0 radical (unpaired) electrons. The normalized spacial score (nSPS) is 11.7. The van der Waals surface area contributed by atoms with Gasteiger partial charge >= 0.3 is 0 Å². The van der Waals surface area contributed by atoms with Gasteiger partial charge < -0.3 is 9.84 Å². The highest BCUT2D eigenvalue weighted by Gasteiger charge is 2.21. The number of rotatable bonds is 6. The summed E-state index contributed by atoms with van der Waals surface area (Å²) in [5, 5.41) is 15.5. The lowest BCUT2D eigenvalue weighted by Crippen LogP contribution is -2.26. The molecule has 0 saturated carbocycles. The molecule has 136 valence electrons. The van der Waals surface area contributed by atoms with Gasteiger partial charge in [0.2, 0.25) is 0 Å². The summed E-state index contributed by atoms with van der Waals surface area (Å²) in [5.74, 6) is 0.785. The minimum Gasteiger partial charge on any atom is -0.497 e. The van der Waals surface area contributed by atoms with Crippen molar-refractivity contribution in [2.45, 2.75) is 39.3 Å². The van der Waals surface area contributed by atoms with E-state index in [2.05, 4.69) is 5.10 Å². The van der Waals surface area contributed by atoms with Crippen LogP contribution >= 0.6 is 0 Å². The average Bonchev–Trinajstić information content (AvgIpc) is 2.97. The molecule has 0 bridgehead atoms. The van der Waals surface area contributed by atoms with Crippen molar-refractivity contribution in [3.05, 3.63) is 48.2 Å². The zero-order valence-electron chi connectivity index (χ0n) is 15.6. The van der Waals surface area contributed by atoms with Crippen LogP contribution in [-0.4, -0.2) is 33.4 Å². The van der Waals surface area contributed by atoms with Crippen molar-refractivity contribution in [3.63, 3.8) is 0 Å². The average molecular weight is 352 g/mol. The maximum Gasteiger partial charge on any atom is 0.183 e. The number of Topliss-reactive ketones (excluding diaryl/α,β-unsaturated/α-hetero) is 1. The number of aromatic nitrogens is 2. The number of methoxy groups -OCH3 is 1. The molecule has 0 aliphatic heterocycles. The number of carbonyl (C=O) groups is 1. The fraction of sp³-hybridized carbons (Fsp3) is 0.333. The van der Waals surface area contributed by atoms with Crippen LogP contribution in [0.3, 0.4) is 0 Å². The van der Waals surface area contributed by atoms with Crippen molar-refractivity contribution < 1.29 is 14.6 Å². The molecule has 1 N–H and O–H groups in total. The molecule has 0 aliphatic rings. The molecule has 1 aromatic heterocycles. The van der Waals surface area contributed by atoms with Crippen LogP contribution in [0, 0.1) is 0 Å². The molecule has 0 unspecified atom stereocenters. The summed E-state index contributed by atoms with van der Waals surface area (Å²) in [6.07, 6.45) is 0.395. The van der Waals surface area contributed by atoms with Gasteiger partial charge in [-0.05, 0) is 49.2 Å². The van der Waals surface area contributed by atoms with Crippen molar-refractivity contribution in [1.82, 2.24) is 9.78 Å². The Morgan fingerprint density at radius 1 is 1.19 bits per heavy atom. The van der Waals surface area contributed by atoms with Crippen LogP contribution in [0.2, 0.25) is 0 Å². The molecule has 5 heteroatoms. The van der Waals surface area contributed by atoms with E-state index in [1.807, 2.05) is 49.4 Å². The first-order valence-corrected chi connectivity index (χ1v) is 8.73. The summed E-state index contributed by atoms with van der Waals surface area (Å²) >= 11 is 0. The molecule has 3 aromatic rings. The Labute approximate surface area is 153 Å². The highest BCUT2D eigenvalue weighted by Crippen LogP contribution is 2.29.